The van der Waals surface area contributed by atoms with E-state index in [0.717, 1.165) is 32.5 Å². The highest BCUT2D eigenvalue weighted by Crippen LogP contribution is 2.35. The summed E-state index contributed by atoms with van der Waals surface area (Å²) < 4.78 is 5.37. The van der Waals surface area contributed by atoms with Crippen molar-refractivity contribution < 1.29 is 9.53 Å². The van der Waals surface area contributed by atoms with Crippen molar-refractivity contribution >= 4 is 5.78 Å². The molecular weight excluding hydrogens is 216 g/mol. The Morgan fingerprint density at radius 3 is 2.29 bits per heavy atom. The Labute approximate surface area is 104 Å². The zero-order chi connectivity index (χ0) is 12.3. The van der Waals surface area contributed by atoms with Gasteiger partial charge in [-0.2, -0.15) is 0 Å². The minimum Gasteiger partial charge on any atom is -0.368 e. The average molecular weight is 240 g/mol. The molecule has 0 aromatic heterocycles. The number of ketones is 1. The van der Waals surface area contributed by atoms with Gasteiger partial charge in [0.05, 0.1) is 13.2 Å². The van der Waals surface area contributed by atoms with Crippen molar-refractivity contribution in [2.45, 2.75) is 31.3 Å². The van der Waals surface area contributed by atoms with Gasteiger partial charge in [-0.15, -0.1) is 0 Å². The monoisotopic (exact) mass is 240 g/mol. The van der Waals surface area contributed by atoms with E-state index in [4.69, 9.17) is 4.74 Å². The van der Waals surface area contributed by atoms with Crippen LogP contribution in [-0.2, 0) is 9.53 Å². The number of rotatable bonds is 0. The molecule has 1 atom stereocenters. The van der Waals surface area contributed by atoms with Gasteiger partial charge >= 0.3 is 0 Å². The minimum atomic E-state index is 0.326. The number of ether oxygens (including phenoxy) is 1. The molecule has 3 rings (SSSR count). The molecule has 0 radical (unpaired) electrons. The zero-order valence-electron chi connectivity index (χ0n) is 11.1. The summed E-state index contributed by atoms with van der Waals surface area (Å²) >= 11 is 0. The fraction of sp³-hybridized carbons (Fsp3) is 0.923. The molecule has 3 heterocycles. The number of piperidine rings is 2. The Morgan fingerprint density at radius 2 is 1.88 bits per heavy atom. The highest BCUT2D eigenvalue weighted by Gasteiger charge is 2.46. The predicted octanol–water partition coefficient (Wildman–Crippen LogP) is 0.762. The summed E-state index contributed by atoms with van der Waals surface area (Å²) in [7, 11) is 4.15. The molecule has 3 fully saturated rings. The lowest BCUT2D eigenvalue weighted by atomic mass is 10.00. The molecule has 98 valence electrons. The maximum Gasteiger partial charge on any atom is 0.146 e. The Morgan fingerprint density at radius 1 is 1.18 bits per heavy atom. The summed E-state index contributed by atoms with van der Waals surface area (Å²) in [5, 5.41) is 0. The van der Waals surface area contributed by atoms with Gasteiger partial charge in [-0.1, -0.05) is 0 Å². The van der Waals surface area contributed by atoms with E-state index in [-0.39, 0.29) is 0 Å². The van der Waals surface area contributed by atoms with Gasteiger partial charge < -0.3 is 9.64 Å². The van der Waals surface area contributed by atoms with Crippen molar-refractivity contribution in [2.24, 2.45) is 0 Å². The number of epoxide rings is 1. The second kappa shape index (κ2) is 5.46. The largest absolute Gasteiger partial charge is 0.368 e. The molecule has 0 N–H and O–H groups in total. The quantitative estimate of drug-likeness (QED) is 0.586. The number of carbonyl (C=O) groups is 1. The topological polar surface area (TPSA) is 36.1 Å². The summed E-state index contributed by atoms with van der Waals surface area (Å²) in [5.41, 5.74) is 0.326. The summed E-state index contributed by atoms with van der Waals surface area (Å²) in [5.74, 6) is 0.388. The van der Waals surface area contributed by atoms with E-state index in [1.807, 2.05) is 7.05 Å². The molecule has 4 heteroatoms. The van der Waals surface area contributed by atoms with Crippen LogP contribution >= 0.6 is 0 Å². The molecule has 0 aromatic rings. The molecular formula is C13H24N2O2. The van der Waals surface area contributed by atoms with Crippen molar-refractivity contribution in [1.29, 1.82) is 0 Å². The maximum atomic E-state index is 10.6. The van der Waals surface area contributed by atoms with E-state index in [1.54, 1.807) is 0 Å². The molecule has 0 saturated carbocycles. The number of Topliss-reactive ketones (excluding diaryl/α,β-unsaturated/α-hetero) is 1. The molecule has 3 saturated heterocycles. The third-order valence-electron chi connectivity index (χ3n) is 3.72. The minimum absolute atomic E-state index is 0.326. The first-order valence-corrected chi connectivity index (χ1v) is 6.62. The van der Waals surface area contributed by atoms with Gasteiger partial charge in [-0.3, -0.25) is 9.69 Å². The molecule has 3 aliphatic heterocycles. The Hall–Kier alpha value is -0.450. The summed E-state index contributed by atoms with van der Waals surface area (Å²) in [6, 6.07) is 0. The van der Waals surface area contributed by atoms with Crippen LogP contribution in [0.2, 0.25) is 0 Å². The van der Waals surface area contributed by atoms with Gasteiger partial charge in [0.25, 0.3) is 0 Å². The van der Waals surface area contributed by atoms with Crippen LogP contribution in [0.5, 0.6) is 0 Å². The van der Waals surface area contributed by atoms with Crippen molar-refractivity contribution in [3.63, 3.8) is 0 Å². The van der Waals surface area contributed by atoms with Crippen LogP contribution in [0.25, 0.3) is 0 Å². The van der Waals surface area contributed by atoms with E-state index < -0.39 is 0 Å². The normalized spacial score (nSPS) is 34.4. The van der Waals surface area contributed by atoms with Gasteiger partial charge in [0.15, 0.2) is 0 Å². The number of likely N-dealkylation sites (tertiary alicyclic amines) is 2. The van der Waals surface area contributed by atoms with Gasteiger partial charge in [-0.05, 0) is 46.4 Å². The summed E-state index contributed by atoms with van der Waals surface area (Å²) in [4.78, 5) is 15.1. The first-order valence-electron chi connectivity index (χ1n) is 6.62. The maximum absolute atomic E-state index is 10.6. The molecule has 1 spiro atoms. The average Bonchev–Trinajstić information content (AvgIpc) is 2.97. The van der Waals surface area contributed by atoms with Crippen molar-refractivity contribution in [3.8, 4) is 0 Å². The second-order valence-electron chi connectivity index (χ2n) is 5.69. The van der Waals surface area contributed by atoms with E-state index in [0.29, 0.717) is 17.9 Å². The number of likely N-dealkylation sites (N-methyl/N-ethyl adjacent to an activating group) is 2. The fourth-order valence-electron chi connectivity index (χ4n) is 2.66. The van der Waals surface area contributed by atoms with Crippen molar-refractivity contribution in [3.05, 3.63) is 0 Å². The van der Waals surface area contributed by atoms with Crippen LogP contribution < -0.4 is 0 Å². The fourth-order valence-corrected chi connectivity index (χ4v) is 2.66. The lowest BCUT2D eigenvalue weighted by Gasteiger charge is -2.26. The van der Waals surface area contributed by atoms with E-state index in [2.05, 4.69) is 16.8 Å². The zero-order valence-corrected chi connectivity index (χ0v) is 11.1. The molecule has 1 unspecified atom stereocenters. The van der Waals surface area contributed by atoms with Gasteiger partial charge in [0.2, 0.25) is 0 Å². The highest BCUT2D eigenvalue weighted by molar-refractivity contribution is 5.80. The lowest BCUT2D eigenvalue weighted by molar-refractivity contribution is -0.121. The predicted molar refractivity (Wildman–Crippen MR) is 67.2 cm³/mol. The van der Waals surface area contributed by atoms with Gasteiger partial charge in [0, 0.05) is 13.0 Å². The molecule has 0 aliphatic carbocycles. The second-order valence-corrected chi connectivity index (χ2v) is 5.69. The summed E-state index contributed by atoms with van der Waals surface area (Å²) in [6.45, 7) is 5.18. The molecule has 17 heavy (non-hydrogen) atoms. The Bertz CT molecular complexity index is 277. The molecule has 0 amide bonds. The standard InChI is InChI=1S/C7H13NO.C6H11NO/c1-8-4-2-3-7(5-8)6-9-7;1-7-4-2-3-6(8)5-7/h2-6H2,1H3;2-5H2,1H3. The SMILES string of the molecule is CN1CCCC(=O)C1.CN1CCCC2(CO2)C1. The van der Waals surface area contributed by atoms with Crippen LogP contribution in [0.1, 0.15) is 25.7 Å². The smallest absolute Gasteiger partial charge is 0.146 e. The number of nitrogens with zero attached hydrogens (tertiary/aromatic N) is 2. The van der Waals surface area contributed by atoms with E-state index in [1.165, 1.54) is 19.4 Å². The van der Waals surface area contributed by atoms with E-state index in [9.17, 15) is 4.79 Å². The van der Waals surface area contributed by atoms with Crippen LogP contribution in [0.15, 0.2) is 0 Å². The summed E-state index contributed by atoms with van der Waals surface area (Å²) in [6.07, 6.45) is 4.45. The first kappa shape index (κ1) is 13.0. The first-order chi connectivity index (χ1) is 8.10. The third kappa shape index (κ3) is 4.05. The van der Waals surface area contributed by atoms with Crippen LogP contribution in [0, 0.1) is 0 Å². The van der Waals surface area contributed by atoms with Crippen LogP contribution in [0.3, 0.4) is 0 Å². The molecule has 4 nitrogen and oxygen atoms in total. The third-order valence-corrected chi connectivity index (χ3v) is 3.72. The number of hydrogen-bond acceptors (Lipinski definition) is 4. The lowest BCUT2D eigenvalue weighted by Crippen LogP contribution is -2.37. The van der Waals surface area contributed by atoms with Crippen LogP contribution in [0.4, 0.5) is 0 Å². The Balaban J connectivity index is 0.000000128. The van der Waals surface area contributed by atoms with E-state index >= 15 is 0 Å². The van der Waals surface area contributed by atoms with Crippen molar-refractivity contribution in [2.75, 3.05) is 46.9 Å². The molecule has 0 bridgehead atoms. The highest BCUT2D eigenvalue weighted by atomic mass is 16.6. The van der Waals surface area contributed by atoms with Gasteiger partial charge in [0.1, 0.15) is 11.4 Å². The number of carbonyl (C=O) groups excluding carboxylic acids is 1. The Kier molecular flexibility index (Phi) is 4.17. The van der Waals surface area contributed by atoms with Crippen LogP contribution in [-0.4, -0.2) is 68.1 Å². The van der Waals surface area contributed by atoms with Gasteiger partial charge in [-0.25, -0.2) is 0 Å². The molecule has 3 aliphatic rings. The molecule has 0 aromatic carbocycles. The van der Waals surface area contributed by atoms with Crippen molar-refractivity contribution in [1.82, 2.24) is 9.80 Å². The number of hydrogen-bond donors (Lipinski definition) is 0.